The van der Waals surface area contributed by atoms with E-state index < -0.39 is 10.9 Å². The number of nitro benzene ring substituents is 1. The highest BCUT2D eigenvalue weighted by Crippen LogP contribution is 2.12. The van der Waals surface area contributed by atoms with Crippen molar-refractivity contribution in [1.29, 1.82) is 0 Å². The smallest absolute Gasteiger partial charge is 0.331 e. The van der Waals surface area contributed by atoms with Gasteiger partial charge in [-0.15, -0.1) is 0 Å². The first-order valence-corrected chi connectivity index (χ1v) is 6.74. The number of esters is 1. The van der Waals surface area contributed by atoms with Crippen LogP contribution in [0.3, 0.4) is 0 Å². The van der Waals surface area contributed by atoms with Crippen molar-refractivity contribution in [2.45, 2.75) is 13.8 Å². The van der Waals surface area contributed by atoms with Gasteiger partial charge in [0.25, 0.3) is 11.6 Å². The van der Waals surface area contributed by atoms with Crippen LogP contribution in [-0.4, -0.2) is 30.0 Å². The van der Waals surface area contributed by atoms with Gasteiger partial charge in [0.1, 0.15) is 0 Å². The van der Waals surface area contributed by atoms with Gasteiger partial charge in [-0.3, -0.25) is 14.9 Å². The van der Waals surface area contributed by atoms with Crippen molar-refractivity contribution in [2.24, 2.45) is 5.92 Å². The monoisotopic (exact) mass is 306 g/mol. The number of hydrogen-bond donors (Lipinski definition) is 1. The van der Waals surface area contributed by atoms with Gasteiger partial charge in [-0.25, -0.2) is 4.79 Å². The van der Waals surface area contributed by atoms with Gasteiger partial charge in [0.15, 0.2) is 6.61 Å². The van der Waals surface area contributed by atoms with E-state index in [1.165, 1.54) is 30.3 Å². The fourth-order valence-corrected chi connectivity index (χ4v) is 1.43. The zero-order valence-electron chi connectivity index (χ0n) is 12.4. The summed E-state index contributed by atoms with van der Waals surface area (Å²) in [6.45, 7) is 4.10. The molecule has 1 N–H and O–H groups in total. The largest absolute Gasteiger partial charge is 0.452 e. The van der Waals surface area contributed by atoms with Crippen LogP contribution in [0.4, 0.5) is 5.69 Å². The van der Waals surface area contributed by atoms with E-state index in [4.69, 9.17) is 4.74 Å². The van der Waals surface area contributed by atoms with Crippen LogP contribution in [0.2, 0.25) is 0 Å². The molecular formula is C15H18N2O5. The topological polar surface area (TPSA) is 98.5 Å². The molecule has 0 aliphatic rings. The Bertz CT molecular complexity index is 564. The van der Waals surface area contributed by atoms with Gasteiger partial charge in [0.2, 0.25) is 0 Å². The van der Waals surface area contributed by atoms with Crippen molar-refractivity contribution in [3.05, 3.63) is 46.0 Å². The van der Waals surface area contributed by atoms with Crippen LogP contribution in [0.1, 0.15) is 19.4 Å². The summed E-state index contributed by atoms with van der Waals surface area (Å²) in [5, 5.41) is 13.1. The maximum atomic E-state index is 11.4. The quantitative estimate of drug-likeness (QED) is 0.359. The molecule has 0 fully saturated rings. The second-order valence-electron chi connectivity index (χ2n) is 4.99. The molecule has 1 amide bonds. The maximum Gasteiger partial charge on any atom is 0.331 e. The molecule has 0 aromatic heterocycles. The van der Waals surface area contributed by atoms with Crippen molar-refractivity contribution in [3.8, 4) is 0 Å². The summed E-state index contributed by atoms with van der Waals surface area (Å²) in [5.41, 5.74) is 0.591. The lowest BCUT2D eigenvalue weighted by atomic mass is 10.2. The SMILES string of the molecule is CC(C)CNC(=O)COC(=O)/C=C/c1ccc([N+](=O)[O-])cc1. The van der Waals surface area contributed by atoms with Crippen molar-refractivity contribution in [3.63, 3.8) is 0 Å². The molecule has 0 aliphatic heterocycles. The number of carbonyl (C=O) groups excluding carboxylic acids is 2. The number of nitrogens with one attached hydrogen (secondary N) is 1. The summed E-state index contributed by atoms with van der Waals surface area (Å²) < 4.78 is 4.77. The lowest BCUT2D eigenvalue weighted by Gasteiger charge is -2.07. The number of amides is 1. The molecule has 7 heteroatoms. The summed E-state index contributed by atoms with van der Waals surface area (Å²) in [6, 6.07) is 5.70. The minimum Gasteiger partial charge on any atom is -0.452 e. The first-order chi connectivity index (χ1) is 10.4. The Morgan fingerprint density at radius 1 is 1.32 bits per heavy atom. The molecule has 0 saturated carbocycles. The van der Waals surface area contributed by atoms with Crippen LogP contribution >= 0.6 is 0 Å². The normalized spacial score (nSPS) is 10.7. The van der Waals surface area contributed by atoms with Crippen LogP contribution in [0, 0.1) is 16.0 Å². The molecule has 0 unspecified atom stereocenters. The van der Waals surface area contributed by atoms with Gasteiger partial charge < -0.3 is 10.1 Å². The molecule has 0 heterocycles. The predicted molar refractivity (Wildman–Crippen MR) is 80.9 cm³/mol. The molecule has 1 rings (SSSR count). The summed E-state index contributed by atoms with van der Waals surface area (Å²) in [6.07, 6.45) is 2.62. The number of benzene rings is 1. The molecule has 1 aromatic carbocycles. The van der Waals surface area contributed by atoms with Crippen molar-refractivity contribution >= 4 is 23.6 Å². The van der Waals surface area contributed by atoms with E-state index in [1.807, 2.05) is 13.8 Å². The third-order valence-electron chi connectivity index (χ3n) is 2.57. The standard InChI is InChI=1S/C15H18N2O5/c1-11(2)9-16-14(18)10-22-15(19)8-5-12-3-6-13(7-4-12)17(20)21/h3-8,11H,9-10H2,1-2H3,(H,16,18)/b8-5+. The molecule has 0 aliphatic carbocycles. The van der Waals surface area contributed by atoms with Crippen LogP contribution < -0.4 is 5.32 Å². The molecule has 0 radical (unpaired) electrons. The molecule has 118 valence electrons. The lowest BCUT2D eigenvalue weighted by molar-refractivity contribution is -0.384. The fourth-order valence-electron chi connectivity index (χ4n) is 1.43. The number of nitrogens with zero attached hydrogens (tertiary/aromatic N) is 1. The van der Waals surface area contributed by atoms with Crippen LogP contribution in [-0.2, 0) is 14.3 Å². The Kier molecular flexibility index (Phi) is 6.75. The summed E-state index contributed by atoms with van der Waals surface area (Å²) >= 11 is 0. The van der Waals surface area contributed by atoms with Crippen LogP contribution in [0.5, 0.6) is 0 Å². The minimum atomic E-state index is -0.655. The highest BCUT2D eigenvalue weighted by Gasteiger charge is 2.06. The fraction of sp³-hybridized carbons (Fsp3) is 0.333. The first-order valence-electron chi connectivity index (χ1n) is 6.74. The maximum absolute atomic E-state index is 11.4. The number of non-ortho nitro benzene ring substituents is 1. The number of nitro groups is 1. The highest BCUT2D eigenvalue weighted by atomic mass is 16.6. The van der Waals surface area contributed by atoms with Gasteiger partial charge in [0.05, 0.1) is 4.92 Å². The number of ether oxygens (including phenoxy) is 1. The number of rotatable bonds is 7. The Morgan fingerprint density at radius 3 is 2.50 bits per heavy atom. The number of hydrogen-bond acceptors (Lipinski definition) is 5. The Hall–Kier alpha value is -2.70. The number of carbonyl (C=O) groups is 2. The summed E-state index contributed by atoms with van der Waals surface area (Å²) in [7, 11) is 0. The average Bonchev–Trinajstić information content (AvgIpc) is 2.49. The van der Waals surface area contributed by atoms with E-state index in [1.54, 1.807) is 0 Å². The molecule has 1 aromatic rings. The molecule has 0 atom stereocenters. The summed E-state index contributed by atoms with van der Waals surface area (Å²) in [4.78, 5) is 32.8. The third-order valence-corrected chi connectivity index (χ3v) is 2.57. The van der Waals surface area contributed by atoms with E-state index in [2.05, 4.69) is 5.32 Å². The van der Waals surface area contributed by atoms with E-state index in [0.29, 0.717) is 18.0 Å². The predicted octanol–water partition coefficient (Wildman–Crippen LogP) is 1.92. The molecule has 0 saturated heterocycles. The van der Waals surface area contributed by atoms with Gasteiger partial charge in [-0.2, -0.15) is 0 Å². The molecule has 22 heavy (non-hydrogen) atoms. The van der Waals surface area contributed by atoms with E-state index >= 15 is 0 Å². The van der Waals surface area contributed by atoms with Crippen molar-refractivity contribution < 1.29 is 19.2 Å². The van der Waals surface area contributed by atoms with Crippen LogP contribution in [0.15, 0.2) is 30.3 Å². The van der Waals surface area contributed by atoms with Gasteiger partial charge >= 0.3 is 5.97 Å². The van der Waals surface area contributed by atoms with E-state index in [9.17, 15) is 19.7 Å². The molecule has 7 nitrogen and oxygen atoms in total. The van der Waals surface area contributed by atoms with Crippen molar-refractivity contribution in [1.82, 2.24) is 5.32 Å². The zero-order chi connectivity index (χ0) is 16.5. The Morgan fingerprint density at radius 2 is 1.95 bits per heavy atom. The average molecular weight is 306 g/mol. The van der Waals surface area contributed by atoms with E-state index in [-0.39, 0.29) is 18.2 Å². The third kappa shape index (κ3) is 6.65. The van der Waals surface area contributed by atoms with Crippen molar-refractivity contribution in [2.75, 3.05) is 13.2 Å². The zero-order valence-corrected chi connectivity index (χ0v) is 12.4. The second kappa shape index (κ2) is 8.56. The molecular weight excluding hydrogens is 288 g/mol. The molecule has 0 bridgehead atoms. The van der Waals surface area contributed by atoms with Gasteiger partial charge in [0, 0.05) is 24.8 Å². The second-order valence-corrected chi connectivity index (χ2v) is 4.99. The Labute approximate surface area is 128 Å². The highest BCUT2D eigenvalue weighted by molar-refractivity contribution is 5.89. The first kappa shape index (κ1) is 17.4. The lowest BCUT2D eigenvalue weighted by Crippen LogP contribution is -2.31. The van der Waals surface area contributed by atoms with E-state index in [0.717, 1.165) is 6.08 Å². The van der Waals surface area contributed by atoms with Crippen LogP contribution in [0.25, 0.3) is 6.08 Å². The summed E-state index contributed by atoms with van der Waals surface area (Å²) in [5.74, 6) is -0.689. The van der Waals surface area contributed by atoms with Gasteiger partial charge in [-0.05, 0) is 29.7 Å². The minimum absolute atomic E-state index is 0.0263. The molecule has 0 spiro atoms. The Balaban J connectivity index is 2.41. The van der Waals surface area contributed by atoms with Gasteiger partial charge in [-0.1, -0.05) is 13.8 Å².